The summed E-state index contributed by atoms with van der Waals surface area (Å²) in [7, 11) is -3.03. The zero-order valence-electron chi connectivity index (χ0n) is 9.39. The highest BCUT2D eigenvalue weighted by atomic mass is 32.2. The molecule has 1 aromatic heterocycles. The Labute approximate surface area is 100 Å². The quantitative estimate of drug-likeness (QED) is 0.865. The fourth-order valence-electron chi connectivity index (χ4n) is 1.96. The van der Waals surface area contributed by atoms with E-state index in [-0.39, 0.29) is 17.4 Å². The summed E-state index contributed by atoms with van der Waals surface area (Å²) in [4.78, 5) is 11.8. The molecule has 5 nitrogen and oxygen atoms in total. The topological polar surface area (TPSA) is 76.4 Å². The number of hydrogen-bond acceptors (Lipinski definition) is 4. The van der Waals surface area contributed by atoms with E-state index in [1.807, 2.05) is 0 Å². The van der Waals surface area contributed by atoms with Gasteiger partial charge in [-0.15, -0.1) is 0 Å². The molecule has 1 unspecified atom stereocenters. The zero-order valence-corrected chi connectivity index (χ0v) is 10.2. The van der Waals surface area contributed by atoms with Gasteiger partial charge in [0.1, 0.15) is 5.76 Å². The van der Waals surface area contributed by atoms with Gasteiger partial charge in [0.05, 0.1) is 30.2 Å². The van der Waals surface area contributed by atoms with E-state index in [0.29, 0.717) is 25.1 Å². The number of amides is 1. The van der Waals surface area contributed by atoms with Crippen molar-refractivity contribution in [3.63, 3.8) is 0 Å². The third kappa shape index (κ3) is 3.33. The average Bonchev–Trinajstić information content (AvgIpc) is 2.77. The molecule has 0 aromatic carbocycles. The van der Waals surface area contributed by atoms with Crippen LogP contribution in [0.3, 0.4) is 0 Å². The zero-order chi connectivity index (χ0) is 12.3. The molecule has 1 atom stereocenters. The maximum absolute atomic E-state index is 11.8. The van der Waals surface area contributed by atoms with Crippen molar-refractivity contribution in [2.75, 3.05) is 11.5 Å². The van der Waals surface area contributed by atoms with Crippen LogP contribution in [0.1, 0.15) is 18.6 Å². The summed E-state index contributed by atoms with van der Waals surface area (Å²) in [5, 5.41) is 2.70. The second-order valence-electron chi connectivity index (χ2n) is 4.25. The summed E-state index contributed by atoms with van der Waals surface area (Å²) in [5.41, 5.74) is 0. The van der Waals surface area contributed by atoms with Crippen LogP contribution in [0.5, 0.6) is 0 Å². The van der Waals surface area contributed by atoms with Crippen molar-refractivity contribution >= 4 is 15.7 Å². The molecule has 6 heteroatoms. The van der Waals surface area contributed by atoms with Crippen molar-refractivity contribution < 1.29 is 17.6 Å². The molecule has 1 fully saturated rings. The smallest absolute Gasteiger partial charge is 0.224 e. The van der Waals surface area contributed by atoms with Gasteiger partial charge in [0.2, 0.25) is 5.91 Å². The van der Waals surface area contributed by atoms with Gasteiger partial charge in [0.25, 0.3) is 0 Å². The third-order valence-corrected chi connectivity index (χ3v) is 4.67. The maximum Gasteiger partial charge on any atom is 0.224 e. The molecule has 0 bridgehead atoms. The summed E-state index contributed by atoms with van der Waals surface area (Å²) >= 11 is 0. The highest BCUT2D eigenvalue weighted by Crippen LogP contribution is 2.18. The van der Waals surface area contributed by atoms with Crippen LogP contribution in [0.15, 0.2) is 22.8 Å². The molecule has 1 saturated heterocycles. The molecule has 17 heavy (non-hydrogen) atoms. The van der Waals surface area contributed by atoms with Crippen LogP contribution in [0.2, 0.25) is 0 Å². The van der Waals surface area contributed by atoms with Gasteiger partial charge in [0, 0.05) is 0 Å². The lowest BCUT2D eigenvalue weighted by Crippen LogP contribution is -2.37. The third-order valence-electron chi connectivity index (χ3n) is 2.85. The number of hydrogen-bond donors (Lipinski definition) is 1. The van der Waals surface area contributed by atoms with E-state index in [2.05, 4.69) is 5.32 Å². The number of sulfone groups is 1. The fourth-order valence-corrected chi connectivity index (χ4v) is 3.67. The minimum atomic E-state index is -3.03. The molecule has 1 aliphatic heterocycles. The van der Waals surface area contributed by atoms with E-state index in [9.17, 15) is 13.2 Å². The molecule has 0 spiro atoms. The Morgan fingerprint density at radius 2 is 2.35 bits per heavy atom. The first-order valence-corrected chi connectivity index (χ1v) is 7.39. The Bertz CT molecular complexity index is 478. The number of furan rings is 1. The molecule has 2 rings (SSSR count). The first kappa shape index (κ1) is 12.2. The van der Waals surface area contributed by atoms with Crippen molar-refractivity contribution in [3.05, 3.63) is 24.2 Å². The van der Waals surface area contributed by atoms with Crippen LogP contribution < -0.4 is 5.32 Å². The SMILES string of the molecule is O=C(NCc1ccco1)C1CCCS(=O)(=O)C1. The number of nitrogens with one attached hydrogen (secondary N) is 1. The minimum Gasteiger partial charge on any atom is -0.467 e. The fraction of sp³-hybridized carbons (Fsp3) is 0.545. The lowest BCUT2D eigenvalue weighted by Gasteiger charge is -2.20. The molecule has 2 heterocycles. The minimum absolute atomic E-state index is 0.0308. The van der Waals surface area contributed by atoms with Gasteiger partial charge >= 0.3 is 0 Å². The van der Waals surface area contributed by atoms with Crippen molar-refractivity contribution in [3.8, 4) is 0 Å². The lowest BCUT2D eigenvalue weighted by atomic mass is 10.0. The molecule has 1 N–H and O–H groups in total. The molecule has 1 amide bonds. The second kappa shape index (κ2) is 4.91. The maximum atomic E-state index is 11.8. The van der Waals surface area contributed by atoms with E-state index in [1.165, 1.54) is 6.26 Å². The number of carbonyl (C=O) groups is 1. The standard InChI is InChI=1S/C11H15NO4S/c13-11(12-7-10-4-1-5-16-10)9-3-2-6-17(14,15)8-9/h1,4-5,9H,2-3,6-8H2,(H,12,13). The first-order valence-electron chi connectivity index (χ1n) is 5.57. The van der Waals surface area contributed by atoms with E-state index < -0.39 is 15.8 Å². The molecular weight excluding hydrogens is 242 g/mol. The lowest BCUT2D eigenvalue weighted by molar-refractivity contribution is -0.124. The molecule has 1 aromatic rings. The average molecular weight is 257 g/mol. The van der Waals surface area contributed by atoms with Gasteiger partial charge in [-0.3, -0.25) is 4.79 Å². The molecular formula is C11H15NO4S. The molecule has 1 aliphatic rings. The Balaban J connectivity index is 1.87. The van der Waals surface area contributed by atoms with E-state index >= 15 is 0 Å². The summed E-state index contributed by atoms with van der Waals surface area (Å²) in [6.45, 7) is 0.308. The highest BCUT2D eigenvalue weighted by molar-refractivity contribution is 7.91. The molecule has 94 valence electrons. The predicted molar refractivity (Wildman–Crippen MR) is 61.9 cm³/mol. The largest absolute Gasteiger partial charge is 0.467 e. The van der Waals surface area contributed by atoms with E-state index in [1.54, 1.807) is 12.1 Å². The second-order valence-corrected chi connectivity index (χ2v) is 6.48. The Kier molecular flexibility index (Phi) is 3.51. The van der Waals surface area contributed by atoms with Crippen molar-refractivity contribution in [2.24, 2.45) is 5.92 Å². The van der Waals surface area contributed by atoms with Gasteiger partial charge < -0.3 is 9.73 Å². The van der Waals surface area contributed by atoms with Crippen LogP contribution >= 0.6 is 0 Å². The van der Waals surface area contributed by atoms with Crippen LogP contribution in [-0.4, -0.2) is 25.8 Å². The van der Waals surface area contributed by atoms with Crippen LogP contribution in [0.4, 0.5) is 0 Å². The van der Waals surface area contributed by atoms with Crippen LogP contribution in [0.25, 0.3) is 0 Å². The monoisotopic (exact) mass is 257 g/mol. The van der Waals surface area contributed by atoms with Gasteiger partial charge in [0.15, 0.2) is 9.84 Å². The number of rotatable bonds is 3. The normalized spacial score (nSPS) is 23.2. The van der Waals surface area contributed by atoms with E-state index in [4.69, 9.17) is 4.42 Å². The van der Waals surface area contributed by atoms with Crippen molar-refractivity contribution in [2.45, 2.75) is 19.4 Å². The van der Waals surface area contributed by atoms with Crippen LogP contribution in [-0.2, 0) is 21.2 Å². The van der Waals surface area contributed by atoms with Gasteiger partial charge in [-0.1, -0.05) is 0 Å². The molecule has 0 radical (unpaired) electrons. The van der Waals surface area contributed by atoms with Gasteiger partial charge in [-0.05, 0) is 25.0 Å². The van der Waals surface area contributed by atoms with Gasteiger partial charge in [-0.25, -0.2) is 8.42 Å². The Morgan fingerprint density at radius 1 is 1.53 bits per heavy atom. The summed E-state index contributed by atoms with van der Waals surface area (Å²) in [6, 6.07) is 3.50. The van der Waals surface area contributed by atoms with Gasteiger partial charge in [-0.2, -0.15) is 0 Å². The Hall–Kier alpha value is -1.30. The van der Waals surface area contributed by atoms with Crippen LogP contribution in [0, 0.1) is 5.92 Å². The first-order chi connectivity index (χ1) is 8.07. The van der Waals surface area contributed by atoms with E-state index in [0.717, 1.165) is 0 Å². The predicted octanol–water partition coefficient (Wildman–Crippen LogP) is 0.721. The molecule has 0 aliphatic carbocycles. The molecule has 0 saturated carbocycles. The Morgan fingerprint density at radius 3 is 3.00 bits per heavy atom. The highest BCUT2D eigenvalue weighted by Gasteiger charge is 2.29. The summed E-state index contributed by atoms with van der Waals surface area (Å²) in [5.74, 6) is 0.219. The summed E-state index contributed by atoms with van der Waals surface area (Å²) in [6.07, 6.45) is 2.75. The summed E-state index contributed by atoms with van der Waals surface area (Å²) < 4.78 is 27.9. The number of carbonyl (C=O) groups excluding carboxylic acids is 1. The van der Waals surface area contributed by atoms with Crippen molar-refractivity contribution in [1.29, 1.82) is 0 Å². The van der Waals surface area contributed by atoms with Crippen molar-refractivity contribution in [1.82, 2.24) is 5.32 Å².